The molecule has 1 N–H and O–H groups in total. The van der Waals surface area contributed by atoms with Crippen LogP contribution in [0.4, 0.5) is 0 Å². The van der Waals surface area contributed by atoms with Crippen LogP contribution in [0.2, 0.25) is 0 Å². The van der Waals surface area contributed by atoms with E-state index in [-0.39, 0.29) is 11.9 Å². The first-order chi connectivity index (χ1) is 7.53. The molecule has 0 aliphatic carbocycles. The van der Waals surface area contributed by atoms with Crippen LogP contribution in [0.3, 0.4) is 0 Å². The third kappa shape index (κ3) is 2.73. The molecule has 3 unspecified atom stereocenters. The Morgan fingerprint density at radius 2 is 2.44 bits per heavy atom. The second kappa shape index (κ2) is 5.31. The second-order valence-corrected chi connectivity index (χ2v) is 4.68. The molecule has 4 nitrogen and oxygen atoms in total. The molecule has 1 fully saturated rings. The van der Waals surface area contributed by atoms with E-state index in [9.17, 15) is 4.79 Å². The summed E-state index contributed by atoms with van der Waals surface area (Å²) in [5.74, 6) is 0.209. The molecule has 4 heteroatoms. The predicted molar refractivity (Wildman–Crippen MR) is 60.5 cm³/mol. The van der Waals surface area contributed by atoms with E-state index >= 15 is 0 Å². The maximum absolute atomic E-state index is 11.9. The summed E-state index contributed by atoms with van der Waals surface area (Å²) in [6.45, 7) is 6.99. The number of rotatable bonds is 4. The van der Waals surface area contributed by atoms with Gasteiger partial charge in [0.2, 0.25) is 5.91 Å². The van der Waals surface area contributed by atoms with E-state index < -0.39 is 5.41 Å². The lowest BCUT2D eigenvalue weighted by Gasteiger charge is -2.25. The topological polar surface area (TPSA) is 62.1 Å². The van der Waals surface area contributed by atoms with E-state index in [0.717, 1.165) is 13.0 Å². The number of carbonyl (C=O) groups is 1. The average molecular weight is 224 g/mol. The van der Waals surface area contributed by atoms with E-state index in [1.165, 1.54) is 0 Å². The first-order valence-electron chi connectivity index (χ1n) is 5.83. The molecular weight excluding hydrogens is 204 g/mol. The lowest BCUT2D eigenvalue weighted by molar-refractivity contribution is -0.128. The highest BCUT2D eigenvalue weighted by Crippen LogP contribution is 2.22. The van der Waals surface area contributed by atoms with Crippen molar-refractivity contribution in [3.63, 3.8) is 0 Å². The Morgan fingerprint density at radius 1 is 1.75 bits per heavy atom. The van der Waals surface area contributed by atoms with Crippen LogP contribution in [-0.2, 0) is 9.53 Å². The lowest BCUT2D eigenvalue weighted by atomic mass is 9.87. The number of nitrogens with one attached hydrogen (secondary N) is 1. The van der Waals surface area contributed by atoms with Gasteiger partial charge in [-0.2, -0.15) is 5.26 Å². The molecule has 16 heavy (non-hydrogen) atoms. The third-order valence-electron chi connectivity index (χ3n) is 3.49. The molecular formula is C12H20N2O2. The van der Waals surface area contributed by atoms with Gasteiger partial charge in [-0.05, 0) is 26.7 Å². The molecule has 0 aromatic carbocycles. The minimum absolute atomic E-state index is 0.0780. The third-order valence-corrected chi connectivity index (χ3v) is 3.49. The second-order valence-electron chi connectivity index (χ2n) is 4.68. The minimum atomic E-state index is -0.909. The van der Waals surface area contributed by atoms with Gasteiger partial charge < -0.3 is 10.1 Å². The largest absolute Gasteiger partial charge is 0.381 e. The van der Waals surface area contributed by atoms with Gasteiger partial charge in [0.25, 0.3) is 0 Å². The molecule has 90 valence electrons. The number of hydrogen-bond acceptors (Lipinski definition) is 3. The van der Waals surface area contributed by atoms with E-state index in [2.05, 4.69) is 11.4 Å². The summed E-state index contributed by atoms with van der Waals surface area (Å²) in [5.41, 5.74) is -0.909. The van der Waals surface area contributed by atoms with Crippen molar-refractivity contribution >= 4 is 5.91 Å². The number of amides is 1. The molecule has 0 saturated carbocycles. The van der Waals surface area contributed by atoms with Gasteiger partial charge in [-0.1, -0.05) is 6.92 Å². The average Bonchev–Trinajstić information content (AvgIpc) is 2.81. The zero-order valence-electron chi connectivity index (χ0n) is 10.2. The maximum Gasteiger partial charge on any atom is 0.240 e. The van der Waals surface area contributed by atoms with Crippen molar-refractivity contribution in [1.82, 2.24) is 5.32 Å². The lowest BCUT2D eigenvalue weighted by Crippen LogP contribution is -2.45. The van der Waals surface area contributed by atoms with E-state index in [4.69, 9.17) is 10.00 Å². The van der Waals surface area contributed by atoms with E-state index in [0.29, 0.717) is 18.9 Å². The van der Waals surface area contributed by atoms with Gasteiger partial charge in [0.05, 0.1) is 12.7 Å². The van der Waals surface area contributed by atoms with Gasteiger partial charge in [0.15, 0.2) is 0 Å². The van der Waals surface area contributed by atoms with Gasteiger partial charge in [0, 0.05) is 18.6 Å². The first-order valence-corrected chi connectivity index (χ1v) is 5.83. The zero-order valence-corrected chi connectivity index (χ0v) is 10.2. The minimum Gasteiger partial charge on any atom is -0.381 e. The van der Waals surface area contributed by atoms with Gasteiger partial charge >= 0.3 is 0 Å². The monoisotopic (exact) mass is 224 g/mol. The number of hydrogen-bond donors (Lipinski definition) is 1. The van der Waals surface area contributed by atoms with E-state index in [1.807, 2.05) is 13.8 Å². The molecule has 1 rings (SSSR count). The Hall–Kier alpha value is -1.08. The highest BCUT2D eigenvalue weighted by atomic mass is 16.5. The normalized spacial score (nSPS) is 25.5. The molecule has 1 saturated heterocycles. The van der Waals surface area contributed by atoms with Crippen LogP contribution >= 0.6 is 0 Å². The molecule has 1 amide bonds. The first kappa shape index (κ1) is 13.0. The highest BCUT2D eigenvalue weighted by molar-refractivity contribution is 5.85. The summed E-state index contributed by atoms with van der Waals surface area (Å²) in [6, 6.07) is 2.16. The van der Waals surface area contributed by atoms with Crippen LogP contribution in [0.25, 0.3) is 0 Å². The maximum atomic E-state index is 11.9. The Morgan fingerprint density at radius 3 is 2.88 bits per heavy atom. The fourth-order valence-electron chi connectivity index (χ4n) is 1.72. The molecule has 0 bridgehead atoms. The summed E-state index contributed by atoms with van der Waals surface area (Å²) in [5, 5.41) is 11.9. The van der Waals surface area contributed by atoms with Crippen molar-refractivity contribution in [3.05, 3.63) is 0 Å². The SMILES string of the molecule is CCC(C)(C#N)C(=O)NC(C)C1CCOC1. The molecule has 1 heterocycles. The molecule has 3 atom stereocenters. The summed E-state index contributed by atoms with van der Waals surface area (Å²) < 4.78 is 5.28. The van der Waals surface area contributed by atoms with Gasteiger partial charge in [-0.15, -0.1) is 0 Å². The van der Waals surface area contributed by atoms with Crippen LogP contribution in [0.1, 0.15) is 33.6 Å². The fourth-order valence-corrected chi connectivity index (χ4v) is 1.72. The van der Waals surface area contributed by atoms with Crippen LogP contribution in [0.5, 0.6) is 0 Å². The Bertz CT molecular complexity index is 292. The number of nitriles is 1. The standard InChI is InChI=1S/C12H20N2O2/c1-4-12(3,8-13)11(15)14-9(2)10-5-6-16-7-10/h9-10H,4-7H2,1-3H3,(H,14,15). The van der Waals surface area contributed by atoms with Crippen molar-refractivity contribution < 1.29 is 9.53 Å². The smallest absolute Gasteiger partial charge is 0.240 e. The zero-order chi connectivity index (χ0) is 12.2. The summed E-state index contributed by atoms with van der Waals surface area (Å²) >= 11 is 0. The summed E-state index contributed by atoms with van der Waals surface area (Å²) in [4.78, 5) is 11.9. The molecule has 1 aliphatic rings. The number of carbonyl (C=O) groups excluding carboxylic acids is 1. The molecule has 0 aromatic rings. The molecule has 0 spiro atoms. The van der Waals surface area contributed by atoms with Crippen molar-refractivity contribution in [2.24, 2.45) is 11.3 Å². The Balaban J connectivity index is 2.53. The Kier molecular flexibility index (Phi) is 4.31. The van der Waals surface area contributed by atoms with Crippen LogP contribution < -0.4 is 5.32 Å². The van der Waals surface area contributed by atoms with Crippen molar-refractivity contribution in [2.45, 2.75) is 39.7 Å². The fraction of sp³-hybridized carbons (Fsp3) is 0.833. The van der Waals surface area contributed by atoms with Crippen molar-refractivity contribution in [3.8, 4) is 6.07 Å². The van der Waals surface area contributed by atoms with E-state index in [1.54, 1.807) is 6.92 Å². The predicted octanol–water partition coefficient (Wildman–Crippen LogP) is 1.47. The molecule has 0 aromatic heterocycles. The van der Waals surface area contributed by atoms with Crippen molar-refractivity contribution in [2.75, 3.05) is 13.2 Å². The number of nitrogens with zero attached hydrogens (tertiary/aromatic N) is 1. The number of ether oxygens (including phenoxy) is 1. The van der Waals surface area contributed by atoms with Crippen LogP contribution in [0, 0.1) is 22.7 Å². The quantitative estimate of drug-likeness (QED) is 0.786. The summed E-state index contributed by atoms with van der Waals surface area (Å²) in [7, 11) is 0. The summed E-state index contributed by atoms with van der Waals surface area (Å²) in [6.07, 6.45) is 1.51. The van der Waals surface area contributed by atoms with Gasteiger partial charge in [-0.3, -0.25) is 4.79 Å². The van der Waals surface area contributed by atoms with Gasteiger partial charge in [-0.25, -0.2) is 0 Å². The molecule has 1 aliphatic heterocycles. The van der Waals surface area contributed by atoms with Crippen LogP contribution in [0.15, 0.2) is 0 Å². The highest BCUT2D eigenvalue weighted by Gasteiger charge is 2.33. The van der Waals surface area contributed by atoms with Crippen LogP contribution in [-0.4, -0.2) is 25.2 Å². The Labute approximate surface area is 97.0 Å². The van der Waals surface area contributed by atoms with Gasteiger partial charge in [0.1, 0.15) is 5.41 Å². The van der Waals surface area contributed by atoms with Crippen molar-refractivity contribution in [1.29, 1.82) is 5.26 Å². The molecule has 0 radical (unpaired) electrons.